The quantitative estimate of drug-likeness (QED) is 0.398. The molecule has 26 heavy (non-hydrogen) atoms. The maximum Gasteiger partial charge on any atom is 0.340 e. The van der Waals surface area contributed by atoms with Gasteiger partial charge in [0.25, 0.3) is 0 Å². The lowest BCUT2D eigenvalue weighted by Gasteiger charge is -2.11. The van der Waals surface area contributed by atoms with E-state index in [2.05, 4.69) is 0 Å². The van der Waals surface area contributed by atoms with Crippen molar-refractivity contribution in [2.75, 3.05) is 5.73 Å². The van der Waals surface area contributed by atoms with Crippen LogP contribution in [0.2, 0.25) is 10.0 Å². The third-order valence-corrected chi connectivity index (χ3v) is 4.72. The van der Waals surface area contributed by atoms with Crippen molar-refractivity contribution in [1.29, 1.82) is 0 Å². The molecule has 0 amide bonds. The Labute approximate surface area is 159 Å². The summed E-state index contributed by atoms with van der Waals surface area (Å²) in [5, 5.41) is 1.15. The number of hydrogen-bond acceptors (Lipinski definition) is 5. The van der Waals surface area contributed by atoms with Gasteiger partial charge < -0.3 is 14.9 Å². The lowest BCUT2D eigenvalue weighted by Crippen LogP contribution is -2.10. The Bertz CT molecular complexity index is 1090. The van der Waals surface area contributed by atoms with Gasteiger partial charge in [-0.2, -0.15) is 0 Å². The Morgan fingerprint density at radius 1 is 1.19 bits per heavy atom. The Kier molecular flexibility index (Phi) is 4.94. The number of esters is 1. The first kappa shape index (κ1) is 18.3. The number of nitrogen functional groups attached to an aromatic ring is 1. The monoisotopic (exact) mass is 391 g/mol. The summed E-state index contributed by atoms with van der Waals surface area (Å²) in [5.41, 5.74) is 8.34. The van der Waals surface area contributed by atoms with Gasteiger partial charge in [-0.3, -0.25) is 0 Å². The van der Waals surface area contributed by atoms with Gasteiger partial charge in [-0.15, -0.1) is 0 Å². The lowest BCUT2D eigenvalue weighted by molar-refractivity contribution is 0.0475. The minimum atomic E-state index is -0.683. The van der Waals surface area contributed by atoms with Crippen LogP contribution in [0.15, 0.2) is 39.5 Å². The van der Waals surface area contributed by atoms with E-state index in [9.17, 15) is 9.59 Å². The van der Waals surface area contributed by atoms with Crippen LogP contribution in [0.5, 0.6) is 0 Å². The second-order valence-electron chi connectivity index (χ2n) is 5.90. The second kappa shape index (κ2) is 7.02. The van der Waals surface area contributed by atoms with Gasteiger partial charge in [-0.25, -0.2) is 9.59 Å². The molecule has 0 unspecified atom stereocenters. The molecule has 1 heterocycles. The van der Waals surface area contributed by atoms with Gasteiger partial charge in [0.05, 0.1) is 16.3 Å². The van der Waals surface area contributed by atoms with Crippen LogP contribution in [0.1, 0.15) is 27.0 Å². The van der Waals surface area contributed by atoms with Crippen molar-refractivity contribution in [3.05, 3.63) is 73.1 Å². The van der Waals surface area contributed by atoms with Gasteiger partial charge in [0.2, 0.25) is 0 Å². The van der Waals surface area contributed by atoms with E-state index in [1.54, 1.807) is 0 Å². The normalized spacial score (nSPS) is 10.9. The fourth-order valence-corrected chi connectivity index (χ4v) is 3.11. The first-order chi connectivity index (χ1) is 12.3. The van der Waals surface area contributed by atoms with E-state index in [-0.39, 0.29) is 27.9 Å². The maximum atomic E-state index is 12.4. The predicted molar refractivity (Wildman–Crippen MR) is 102 cm³/mol. The van der Waals surface area contributed by atoms with Crippen LogP contribution in [-0.2, 0) is 11.3 Å². The van der Waals surface area contributed by atoms with Crippen molar-refractivity contribution in [2.24, 2.45) is 0 Å². The third-order valence-electron chi connectivity index (χ3n) is 4.19. The molecule has 0 saturated heterocycles. The molecular weight excluding hydrogens is 377 g/mol. The third kappa shape index (κ3) is 3.41. The average molecular weight is 392 g/mol. The molecular formula is C19H15Cl2NO4. The first-order valence-corrected chi connectivity index (χ1v) is 8.48. The Morgan fingerprint density at radius 3 is 2.65 bits per heavy atom. The first-order valence-electron chi connectivity index (χ1n) is 7.72. The molecule has 3 rings (SSSR count). The van der Waals surface area contributed by atoms with E-state index < -0.39 is 11.6 Å². The summed E-state index contributed by atoms with van der Waals surface area (Å²) in [6, 6.07) is 7.87. The summed E-state index contributed by atoms with van der Waals surface area (Å²) < 4.78 is 10.6. The van der Waals surface area contributed by atoms with Gasteiger partial charge in [-0.05, 0) is 37.1 Å². The summed E-state index contributed by atoms with van der Waals surface area (Å²) in [4.78, 5) is 24.2. The highest BCUT2D eigenvalue weighted by molar-refractivity contribution is 6.37. The number of nitrogens with two attached hydrogens (primary N) is 1. The zero-order valence-corrected chi connectivity index (χ0v) is 15.6. The molecule has 0 aliphatic rings. The molecule has 7 heteroatoms. The highest BCUT2D eigenvalue weighted by atomic mass is 35.5. The predicted octanol–water partition coefficient (Wildman–Crippen LogP) is 4.66. The molecule has 0 atom stereocenters. The van der Waals surface area contributed by atoms with E-state index in [0.717, 1.165) is 11.1 Å². The number of aryl methyl sites for hydroxylation is 2. The number of carbonyl (C=O) groups excluding carboxylic acids is 1. The van der Waals surface area contributed by atoms with Gasteiger partial charge in [-0.1, -0.05) is 35.3 Å². The van der Waals surface area contributed by atoms with Crippen molar-refractivity contribution < 1.29 is 13.9 Å². The van der Waals surface area contributed by atoms with Gasteiger partial charge in [0.15, 0.2) is 0 Å². The number of halogens is 2. The van der Waals surface area contributed by atoms with Gasteiger partial charge in [0.1, 0.15) is 12.2 Å². The molecule has 134 valence electrons. The zero-order chi connectivity index (χ0) is 19.0. The number of anilines is 1. The number of benzene rings is 2. The molecule has 0 aliphatic heterocycles. The van der Waals surface area contributed by atoms with Crippen LogP contribution in [0.3, 0.4) is 0 Å². The summed E-state index contributed by atoms with van der Waals surface area (Å²) in [6.07, 6.45) is 0. The van der Waals surface area contributed by atoms with Gasteiger partial charge in [0, 0.05) is 22.0 Å². The summed E-state index contributed by atoms with van der Waals surface area (Å²) in [6.45, 7) is 3.67. The molecule has 0 fully saturated rings. The average Bonchev–Trinajstić information content (AvgIpc) is 2.59. The van der Waals surface area contributed by atoms with Gasteiger partial charge >= 0.3 is 11.6 Å². The molecule has 0 spiro atoms. The smallest absolute Gasteiger partial charge is 0.340 e. The van der Waals surface area contributed by atoms with Crippen LogP contribution in [0.25, 0.3) is 11.0 Å². The van der Waals surface area contributed by atoms with Crippen molar-refractivity contribution in [2.45, 2.75) is 20.5 Å². The molecule has 5 nitrogen and oxygen atoms in total. The largest absolute Gasteiger partial charge is 0.457 e. The number of fused-ring (bicyclic) bond motifs is 1. The van der Waals surface area contributed by atoms with Crippen molar-refractivity contribution >= 4 is 45.8 Å². The Balaban J connectivity index is 1.95. The van der Waals surface area contributed by atoms with Crippen molar-refractivity contribution in [1.82, 2.24) is 0 Å². The number of carbonyl (C=O) groups is 1. The van der Waals surface area contributed by atoms with Crippen LogP contribution >= 0.6 is 23.2 Å². The fraction of sp³-hybridized carbons (Fsp3) is 0.158. The zero-order valence-electron chi connectivity index (χ0n) is 14.1. The molecule has 0 radical (unpaired) electrons. The molecule has 1 aromatic heterocycles. The lowest BCUT2D eigenvalue weighted by atomic mass is 10.0. The van der Waals surface area contributed by atoms with Crippen LogP contribution in [0, 0.1) is 13.8 Å². The van der Waals surface area contributed by atoms with E-state index in [4.69, 9.17) is 38.1 Å². The highest BCUT2D eigenvalue weighted by Gasteiger charge is 2.17. The standard InChI is InChI=1S/C19H15Cl2NO4/c1-9-3-4-13-11(5-16(23)26-18(13)10(9)2)8-25-19(24)14-6-12(20)7-15(21)17(14)22/h3-7H,8,22H2,1-2H3. The van der Waals surface area contributed by atoms with E-state index in [1.807, 2.05) is 26.0 Å². The van der Waals surface area contributed by atoms with Crippen molar-refractivity contribution in [3.8, 4) is 0 Å². The minimum Gasteiger partial charge on any atom is -0.457 e. The molecule has 2 N–H and O–H groups in total. The maximum absolute atomic E-state index is 12.4. The minimum absolute atomic E-state index is 0.0711. The van der Waals surface area contributed by atoms with E-state index in [0.29, 0.717) is 16.5 Å². The number of ether oxygens (including phenoxy) is 1. The van der Waals surface area contributed by atoms with Crippen LogP contribution in [-0.4, -0.2) is 5.97 Å². The summed E-state index contributed by atoms with van der Waals surface area (Å²) in [7, 11) is 0. The molecule has 3 aromatic rings. The summed E-state index contributed by atoms with van der Waals surface area (Å²) in [5.74, 6) is -0.683. The fourth-order valence-electron chi connectivity index (χ4n) is 2.62. The van der Waals surface area contributed by atoms with Crippen LogP contribution in [0.4, 0.5) is 5.69 Å². The van der Waals surface area contributed by atoms with Crippen molar-refractivity contribution in [3.63, 3.8) is 0 Å². The van der Waals surface area contributed by atoms with Crippen LogP contribution < -0.4 is 11.4 Å². The summed E-state index contributed by atoms with van der Waals surface area (Å²) >= 11 is 11.9. The molecule has 0 aliphatic carbocycles. The second-order valence-corrected chi connectivity index (χ2v) is 6.74. The topological polar surface area (TPSA) is 82.5 Å². The highest BCUT2D eigenvalue weighted by Crippen LogP contribution is 2.29. The SMILES string of the molecule is Cc1ccc2c(COC(=O)c3cc(Cl)cc(Cl)c3N)cc(=O)oc2c1C. The van der Waals surface area contributed by atoms with E-state index in [1.165, 1.54) is 18.2 Å². The van der Waals surface area contributed by atoms with E-state index >= 15 is 0 Å². The Hall–Kier alpha value is -2.50. The number of rotatable bonds is 3. The molecule has 0 saturated carbocycles. The Morgan fingerprint density at radius 2 is 1.92 bits per heavy atom. The molecule has 2 aromatic carbocycles. The number of hydrogen-bond donors (Lipinski definition) is 1. The molecule has 0 bridgehead atoms.